The molecule has 0 amide bonds. The van der Waals surface area contributed by atoms with Crippen molar-refractivity contribution in [3.63, 3.8) is 0 Å². The van der Waals surface area contributed by atoms with Gasteiger partial charge in [-0.05, 0) is 52.7 Å². The van der Waals surface area contributed by atoms with Crippen molar-refractivity contribution in [1.82, 2.24) is 15.0 Å². The molecule has 0 aliphatic carbocycles. The molecular weight excluding hydrogens is 404 g/mol. The third kappa shape index (κ3) is 3.48. The lowest BCUT2D eigenvalue weighted by molar-refractivity contribution is 0.471. The Balaban J connectivity index is 1.83. The average Bonchev–Trinajstić information content (AvgIpc) is 2.70. The van der Waals surface area contributed by atoms with E-state index in [0.29, 0.717) is 16.9 Å². The van der Waals surface area contributed by atoms with Gasteiger partial charge in [-0.1, -0.05) is 24.3 Å². The summed E-state index contributed by atoms with van der Waals surface area (Å²) in [4.78, 5) is 13.3. The molecule has 5 nitrogen and oxygen atoms in total. The summed E-state index contributed by atoms with van der Waals surface area (Å²) in [5, 5.41) is 15.2. The summed E-state index contributed by atoms with van der Waals surface area (Å²) in [6, 6.07) is 14.9. The molecule has 0 bridgehead atoms. The lowest BCUT2D eigenvalue weighted by atomic mass is 9.99. The molecule has 2 N–H and O–H groups in total. The van der Waals surface area contributed by atoms with E-state index in [0.717, 1.165) is 21.1 Å². The first kappa shape index (κ1) is 17.4. The number of aromatic nitrogens is 3. The number of fused-ring (bicyclic) bond motifs is 1. The number of hydrogen-bond acceptors (Lipinski definition) is 5. The fourth-order valence-corrected chi connectivity index (χ4v) is 3.22. The first-order valence-corrected chi connectivity index (χ1v) is 9.29. The second-order valence-corrected chi connectivity index (χ2v) is 7.08. The molecule has 3 heterocycles. The van der Waals surface area contributed by atoms with Gasteiger partial charge in [-0.25, -0.2) is 4.98 Å². The Bertz CT molecular complexity index is 1100. The van der Waals surface area contributed by atoms with Crippen LogP contribution in [0.5, 0.6) is 5.75 Å². The van der Waals surface area contributed by atoms with Gasteiger partial charge in [-0.2, -0.15) is 0 Å². The zero-order chi connectivity index (χ0) is 18.8. The number of phenols is 1. The van der Waals surface area contributed by atoms with Crippen LogP contribution >= 0.6 is 15.9 Å². The molecule has 0 saturated carbocycles. The van der Waals surface area contributed by atoms with Crippen LogP contribution in [0.4, 0.5) is 5.82 Å². The topological polar surface area (TPSA) is 70.9 Å². The SMILES string of the molecule is Cc1cc(NC(c2ccccn2)c2ccc3cccnc3c2O)ncc1Br. The zero-order valence-corrected chi connectivity index (χ0v) is 16.2. The first-order valence-electron chi connectivity index (χ1n) is 8.49. The largest absolute Gasteiger partial charge is 0.505 e. The van der Waals surface area contributed by atoms with Gasteiger partial charge in [-0.15, -0.1) is 0 Å². The van der Waals surface area contributed by atoms with Crippen LogP contribution in [0.1, 0.15) is 22.9 Å². The minimum Gasteiger partial charge on any atom is -0.505 e. The molecular formula is C21H17BrN4O. The molecule has 0 saturated heterocycles. The van der Waals surface area contributed by atoms with Crippen molar-refractivity contribution in [3.05, 3.63) is 88.4 Å². The summed E-state index contributed by atoms with van der Waals surface area (Å²) >= 11 is 3.47. The van der Waals surface area contributed by atoms with Gasteiger partial charge in [0.2, 0.25) is 0 Å². The fraction of sp³-hybridized carbons (Fsp3) is 0.0952. The summed E-state index contributed by atoms with van der Waals surface area (Å²) in [5.74, 6) is 0.844. The van der Waals surface area contributed by atoms with Crippen molar-refractivity contribution in [2.75, 3.05) is 5.32 Å². The van der Waals surface area contributed by atoms with Crippen molar-refractivity contribution in [1.29, 1.82) is 0 Å². The predicted molar refractivity (Wildman–Crippen MR) is 110 cm³/mol. The van der Waals surface area contributed by atoms with Crippen LogP contribution in [0, 0.1) is 6.92 Å². The fourth-order valence-electron chi connectivity index (χ4n) is 3.00. The molecule has 4 aromatic rings. The molecule has 0 aliphatic heterocycles. The second kappa shape index (κ2) is 7.32. The van der Waals surface area contributed by atoms with E-state index in [-0.39, 0.29) is 11.8 Å². The zero-order valence-electron chi connectivity index (χ0n) is 14.6. The summed E-state index contributed by atoms with van der Waals surface area (Å²) in [6.45, 7) is 2.00. The molecule has 0 spiro atoms. The van der Waals surface area contributed by atoms with Gasteiger partial charge in [0.1, 0.15) is 17.1 Å². The van der Waals surface area contributed by atoms with E-state index >= 15 is 0 Å². The third-order valence-corrected chi connectivity index (χ3v) is 5.24. The third-order valence-electron chi connectivity index (χ3n) is 4.41. The van der Waals surface area contributed by atoms with Crippen LogP contribution < -0.4 is 5.32 Å². The number of halogens is 1. The monoisotopic (exact) mass is 420 g/mol. The molecule has 1 atom stereocenters. The van der Waals surface area contributed by atoms with E-state index in [9.17, 15) is 5.11 Å². The Morgan fingerprint density at radius 2 is 1.85 bits per heavy atom. The summed E-state index contributed by atoms with van der Waals surface area (Å²) in [5.41, 5.74) is 3.11. The summed E-state index contributed by atoms with van der Waals surface area (Å²) in [7, 11) is 0. The van der Waals surface area contributed by atoms with Gasteiger partial charge < -0.3 is 10.4 Å². The molecule has 134 valence electrons. The molecule has 0 fully saturated rings. The Labute approximate surface area is 165 Å². The number of benzene rings is 1. The van der Waals surface area contributed by atoms with Gasteiger partial charge in [-0.3, -0.25) is 9.97 Å². The van der Waals surface area contributed by atoms with Crippen LogP contribution in [0.25, 0.3) is 10.9 Å². The highest BCUT2D eigenvalue weighted by Gasteiger charge is 2.21. The molecule has 3 aromatic heterocycles. The Morgan fingerprint density at radius 1 is 1.00 bits per heavy atom. The maximum Gasteiger partial charge on any atom is 0.147 e. The number of aromatic hydroxyl groups is 1. The van der Waals surface area contributed by atoms with Crippen LogP contribution in [0.15, 0.2) is 71.6 Å². The number of phenolic OH excluding ortho intramolecular Hbond substituents is 1. The molecule has 27 heavy (non-hydrogen) atoms. The van der Waals surface area contributed by atoms with Crippen LogP contribution in [-0.2, 0) is 0 Å². The highest BCUT2D eigenvalue weighted by molar-refractivity contribution is 9.10. The summed E-state index contributed by atoms with van der Waals surface area (Å²) in [6.07, 6.45) is 5.17. The van der Waals surface area contributed by atoms with Crippen molar-refractivity contribution < 1.29 is 5.11 Å². The van der Waals surface area contributed by atoms with E-state index in [1.807, 2.05) is 55.5 Å². The van der Waals surface area contributed by atoms with Crippen LogP contribution in [0.3, 0.4) is 0 Å². The quantitative estimate of drug-likeness (QED) is 0.485. The van der Waals surface area contributed by atoms with Crippen molar-refractivity contribution in [3.8, 4) is 5.75 Å². The normalized spacial score (nSPS) is 12.1. The van der Waals surface area contributed by atoms with Gasteiger partial charge in [0, 0.05) is 34.0 Å². The molecule has 6 heteroatoms. The second-order valence-electron chi connectivity index (χ2n) is 6.23. The minimum absolute atomic E-state index is 0.144. The number of aryl methyl sites for hydroxylation is 1. The maximum absolute atomic E-state index is 10.9. The lowest BCUT2D eigenvalue weighted by Crippen LogP contribution is -2.15. The standard InChI is InChI=1S/C21H17BrN4O/c1-13-11-18(25-12-16(13)22)26-20(17-6-2-3-9-23-17)15-8-7-14-5-4-10-24-19(14)21(15)27/h2-12,20,27H,1H3,(H,25,26). The van der Waals surface area contributed by atoms with Crippen molar-refractivity contribution in [2.45, 2.75) is 13.0 Å². The van der Waals surface area contributed by atoms with Crippen molar-refractivity contribution in [2.24, 2.45) is 0 Å². The highest BCUT2D eigenvalue weighted by Crippen LogP contribution is 2.35. The van der Waals surface area contributed by atoms with Gasteiger partial charge in [0.05, 0.1) is 11.7 Å². The van der Waals surface area contributed by atoms with Gasteiger partial charge >= 0.3 is 0 Å². The number of pyridine rings is 3. The first-order chi connectivity index (χ1) is 13.1. The number of nitrogens with zero attached hydrogens (tertiary/aromatic N) is 3. The lowest BCUT2D eigenvalue weighted by Gasteiger charge is -2.21. The number of anilines is 1. The van der Waals surface area contributed by atoms with E-state index < -0.39 is 0 Å². The average molecular weight is 421 g/mol. The summed E-state index contributed by atoms with van der Waals surface area (Å²) < 4.78 is 0.945. The number of hydrogen-bond donors (Lipinski definition) is 2. The Hall–Kier alpha value is -2.99. The number of nitrogens with one attached hydrogen (secondary N) is 1. The minimum atomic E-state index is -0.370. The number of rotatable bonds is 4. The smallest absolute Gasteiger partial charge is 0.147 e. The maximum atomic E-state index is 10.9. The van der Waals surface area contributed by atoms with Crippen molar-refractivity contribution >= 4 is 32.7 Å². The Kier molecular flexibility index (Phi) is 4.73. The van der Waals surface area contributed by atoms with Gasteiger partial charge in [0.15, 0.2) is 0 Å². The Morgan fingerprint density at radius 3 is 2.63 bits per heavy atom. The molecule has 0 aliphatic rings. The van der Waals surface area contributed by atoms with E-state index in [1.54, 1.807) is 18.6 Å². The molecule has 1 unspecified atom stereocenters. The van der Waals surface area contributed by atoms with Crippen LogP contribution in [0.2, 0.25) is 0 Å². The molecule has 4 rings (SSSR count). The highest BCUT2D eigenvalue weighted by atomic mass is 79.9. The van der Waals surface area contributed by atoms with E-state index in [2.05, 4.69) is 36.2 Å². The molecule has 0 radical (unpaired) electrons. The van der Waals surface area contributed by atoms with E-state index in [4.69, 9.17) is 0 Å². The predicted octanol–water partition coefficient (Wildman–Crippen LogP) is 5.00. The molecule has 1 aromatic carbocycles. The van der Waals surface area contributed by atoms with Crippen LogP contribution in [-0.4, -0.2) is 20.1 Å². The van der Waals surface area contributed by atoms with Gasteiger partial charge in [0.25, 0.3) is 0 Å². The van der Waals surface area contributed by atoms with E-state index in [1.165, 1.54) is 0 Å².